The number of nitrogens with zero attached hydrogens (tertiary/aromatic N) is 2. The number of ether oxygens (including phenoxy) is 1. The van der Waals surface area contributed by atoms with E-state index in [0.717, 1.165) is 12.1 Å². The Labute approximate surface area is 162 Å². The van der Waals surface area contributed by atoms with Crippen molar-refractivity contribution in [2.24, 2.45) is 0 Å². The van der Waals surface area contributed by atoms with E-state index in [1.807, 2.05) is 22.9 Å². The third-order valence-electron chi connectivity index (χ3n) is 4.62. The Morgan fingerprint density at radius 3 is 2.78 bits per heavy atom. The van der Waals surface area contributed by atoms with Crippen molar-refractivity contribution in [3.8, 4) is 0 Å². The number of hydrogen-bond donors (Lipinski definition) is 1. The van der Waals surface area contributed by atoms with Crippen LogP contribution in [-0.2, 0) is 17.7 Å². The molecule has 0 radical (unpaired) electrons. The molecular formula is C21H20ClN3O2. The van der Waals surface area contributed by atoms with Crippen LogP contribution >= 0.6 is 11.6 Å². The van der Waals surface area contributed by atoms with Crippen LogP contribution in [0.4, 0.5) is 0 Å². The molecule has 0 spiro atoms. The highest BCUT2D eigenvalue weighted by Crippen LogP contribution is 2.26. The zero-order valence-electron chi connectivity index (χ0n) is 14.8. The average Bonchev–Trinajstić information content (AvgIpc) is 3.10. The van der Waals surface area contributed by atoms with E-state index in [2.05, 4.69) is 23.6 Å². The van der Waals surface area contributed by atoms with Crippen LogP contribution in [0.5, 0.6) is 0 Å². The van der Waals surface area contributed by atoms with Crippen LogP contribution in [0, 0.1) is 0 Å². The first-order valence-electron chi connectivity index (χ1n) is 8.95. The van der Waals surface area contributed by atoms with Gasteiger partial charge in [-0.2, -0.15) is 5.10 Å². The third kappa shape index (κ3) is 4.04. The minimum Gasteiger partial charge on any atom is -0.370 e. The molecule has 5 nitrogen and oxygen atoms in total. The van der Waals surface area contributed by atoms with Gasteiger partial charge in [0, 0.05) is 12.7 Å². The van der Waals surface area contributed by atoms with E-state index in [-0.39, 0.29) is 12.0 Å². The van der Waals surface area contributed by atoms with Crippen LogP contribution in [0.25, 0.3) is 0 Å². The number of amides is 1. The predicted molar refractivity (Wildman–Crippen MR) is 104 cm³/mol. The lowest BCUT2D eigenvalue weighted by atomic mass is 10.1. The molecule has 1 aliphatic heterocycles. The van der Waals surface area contributed by atoms with Crippen molar-refractivity contribution < 1.29 is 9.53 Å². The zero-order valence-corrected chi connectivity index (χ0v) is 15.5. The Morgan fingerprint density at radius 1 is 1.19 bits per heavy atom. The minimum absolute atomic E-state index is 0.208. The van der Waals surface area contributed by atoms with Crippen molar-refractivity contribution in [1.29, 1.82) is 0 Å². The number of aromatic nitrogens is 2. The van der Waals surface area contributed by atoms with Gasteiger partial charge in [-0.25, -0.2) is 0 Å². The Morgan fingerprint density at radius 2 is 1.96 bits per heavy atom. The van der Waals surface area contributed by atoms with Gasteiger partial charge >= 0.3 is 0 Å². The normalized spacial score (nSPS) is 16.0. The Balaban J connectivity index is 1.45. The van der Waals surface area contributed by atoms with Crippen molar-refractivity contribution in [1.82, 2.24) is 15.1 Å². The minimum atomic E-state index is -0.253. The first kappa shape index (κ1) is 17.8. The van der Waals surface area contributed by atoms with Gasteiger partial charge < -0.3 is 10.1 Å². The highest BCUT2D eigenvalue weighted by atomic mass is 35.5. The van der Waals surface area contributed by atoms with E-state index in [9.17, 15) is 4.79 Å². The molecule has 1 aromatic heterocycles. The number of fused-ring (bicyclic) bond motifs is 1. The molecule has 0 bridgehead atoms. The lowest BCUT2D eigenvalue weighted by Gasteiger charge is -2.22. The number of rotatable bonds is 5. The molecule has 3 aromatic rings. The summed E-state index contributed by atoms with van der Waals surface area (Å²) in [6.45, 7) is 1.70. The lowest BCUT2D eigenvalue weighted by molar-refractivity contribution is 0.0383. The van der Waals surface area contributed by atoms with Crippen LogP contribution in [0.1, 0.15) is 33.3 Å². The first-order valence-corrected chi connectivity index (χ1v) is 9.33. The largest absolute Gasteiger partial charge is 0.370 e. The van der Waals surface area contributed by atoms with E-state index < -0.39 is 0 Å². The predicted octanol–water partition coefficient (Wildman–Crippen LogP) is 3.63. The molecular weight excluding hydrogens is 362 g/mol. The molecule has 0 aliphatic carbocycles. The molecule has 6 heteroatoms. The number of hydrogen-bond acceptors (Lipinski definition) is 3. The lowest BCUT2D eigenvalue weighted by Crippen LogP contribution is -2.32. The van der Waals surface area contributed by atoms with Gasteiger partial charge in [0.2, 0.25) is 0 Å². The zero-order chi connectivity index (χ0) is 18.6. The van der Waals surface area contributed by atoms with Crippen molar-refractivity contribution >= 4 is 17.5 Å². The van der Waals surface area contributed by atoms with Crippen LogP contribution in [0.2, 0.25) is 5.02 Å². The van der Waals surface area contributed by atoms with Crippen molar-refractivity contribution in [2.75, 3.05) is 13.2 Å². The summed E-state index contributed by atoms with van der Waals surface area (Å²) < 4.78 is 7.80. The number of nitrogens with one attached hydrogen (secondary N) is 1. The van der Waals surface area contributed by atoms with Gasteiger partial charge in [-0.15, -0.1) is 0 Å². The Hall–Kier alpha value is -2.63. The van der Waals surface area contributed by atoms with Gasteiger partial charge in [0.05, 0.1) is 29.4 Å². The van der Waals surface area contributed by atoms with Gasteiger partial charge in [0.1, 0.15) is 6.10 Å². The molecule has 1 atom stereocenters. The first-order chi connectivity index (χ1) is 13.2. The summed E-state index contributed by atoms with van der Waals surface area (Å²) >= 11 is 6.09. The number of carbonyl (C=O) groups is 1. The van der Waals surface area contributed by atoms with E-state index in [0.29, 0.717) is 30.3 Å². The van der Waals surface area contributed by atoms with E-state index in [4.69, 9.17) is 21.4 Å². The SMILES string of the molecule is O=C(NC[C@H]1OCCc2cn(Cc3ccccc3)nc21)c1ccccc1Cl. The number of benzene rings is 2. The maximum atomic E-state index is 12.4. The molecule has 4 rings (SSSR count). The summed E-state index contributed by atoms with van der Waals surface area (Å²) in [5.41, 5.74) is 3.73. The van der Waals surface area contributed by atoms with E-state index in [1.54, 1.807) is 24.3 Å². The standard InChI is InChI=1S/C21H20ClN3O2/c22-18-9-5-4-8-17(18)21(26)23-12-19-20-16(10-11-27-19)14-25(24-20)13-15-6-2-1-3-7-15/h1-9,14,19H,10-13H2,(H,23,26)/t19-/m1/s1. The fourth-order valence-corrected chi connectivity index (χ4v) is 3.49. The quantitative estimate of drug-likeness (QED) is 0.734. The van der Waals surface area contributed by atoms with Gasteiger partial charge in [0.25, 0.3) is 5.91 Å². The summed E-state index contributed by atoms with van der Waals surface area (Å²) in [5.74, 6) is -0.208. The van der Waals surface area contributed by atoms with Gasteiger partial charge in [-0.1, -0.05) is 54.1 Å². The molecule has 0 fully saturated rings. The smallest absolute Gasteiger partial charge is 0.252 e. The molecule has 2 heterocycles. The van der Waals surface area contributed by atoms with Gasteiger partial charge in [-0.3, -0.25) is 9.48 Å². The molecule has 138 valence electrons. The second-order valence-electron chi connectivity index (χ2n) is 6.52. The molecule has 1 aliphatic rings. The summed E-state index contributed by atoms with van der Waals surface area (Å²) in [7, 11) is 0. The van der Waals surface area contributed by atoms with Crippen LogP contribution < -0.4 is 5.32 Å². The second kappa shape index (κ2) is 7.94. The summed E-state index contributed by atoms with van der Waals surface area (Å²) in [6.07, 6.45) is 2.66. The molecule has 0 saturated carbocycles. The Kier molecular flexibility index (Phi) is 5.23. The summed E-state index contributed by atoms with van der Waals surface area (Å²) in [5, 5.41) is 8.06. The molecule has 0 saturated heterocycles. The number of halogens is 1. The molecule has 0 unspecified atom stereocenters. The highest BCUT2D eigenvalue weighted by Gasteiger charge is 2.25. The molecule has 27 heavy (non-hydrogen) atoms. The van der Waals surface area contributed by atoms with Gasteiger partial charge in [-0.05, 0) is 29.7 Å². The van der Waals surface area contributed by atoms with Crippen molar-refractivity contribution in [3.05, 3.63) is 88.2 Å². The fourth-order valence-electron chi connectivity index (χ4n) is 3.26. The Bertz CT molecular complexity index is 940. The van der Waals surface area contributed by atoms with Crippen molar-refractivity contribution in [2.45, 2.75) is 19.1 Å². The third-order valence-corrected chi connectivity index (χ3v) is 4.95. The second-order valence-corrected chi connectivity index (χ2v) is 6.93. The monoisotopic (exact) mass is 381 g/mol. The summed E-state index contributed by atoms with van der Waals surface area (Å²) in [4.78, 5) is 12.4. The average molecular weight is 382 g/mol. The fraction of sp³-hybridized carbons (Fsp3) is 0.238. The van der Waals surface area contributed by atoms with Crippen molar-refractivity contribution in [3.63, 3.8) is 0 Å². The maximum absolute atomic E-state index is 12.4. The highest BCUT2D eigenvalue weighted by molar-refractivity contribution is 6.33. The summed E-state index contributed by atoms with van der Waals surface area (Å²) in [6, 6.07) is 17.2. The van der Waals surface area contributed by atoms with Crippen LogP contribution in [0.15, 0.2) is 60.8 Å². The molecule has 1 amide bonds. The molecule has 2 aromatic carbocycles. The van der Waals surface area contributed by atoms with E-state index >= 15 is 0 Å². The van der Waals surface area contributed by atoms with E-state index in [1.165, 1.54) is 11.1 Å². The topological polar surface area (TPSA) is 56.1 Å². The van der Waals surface area contributed by atoms with Crippen LogP contribution in [-0.4, -0.2) is 28.8 Å². The maximum Gasteiger partial charge on any atom is 0.252 e. The number of carbonyl (C=O) groups excluding carboxylic acids is 1. The van der Waals surface area contributed by atoms with Gasteiger partial charge in [0.15, 0.2) is 0 Å². The molecule has 1 N–H and O–H groups in total. The van der Waals surface area contributed by atoms with Crippen LogP contribution in [0.3, 0.4) is 0 Å².